The molecule has 1 atom stereocenters. The van der Waals surface area contributed by atoms with E-state index in [4.69, 9.17) is 4.74 Å². The molecule has 0 fully saturated rings. The smallest absolute Gasteiger partial charge is 0.449 e. The fourth-order valence-corrected chi connectivity index (χ4v) is 6.21. The fraction of sp³-hybridized carbons (Fsp3) is 0.286. The Morgan fingerprint density at radius 1 is 0.872 bits per heavy atom. The minimum absolute atomic E-state index is 0.0638. The Hall–Kier alpha value is -3.70. The molecule has 3 aromatic carbocycles. The van der Waals surface area contributed by atoms with Crippen LogP contribution in [-0.4, -0.2) is 37.9 Å². The average molecular weight is 562 g/mol. The normalized spacial score (nSPS) is 18.8. The Morgan fingerprint density at radius 3 is 1.95 bits per heavy atom. The molecular formula is C28H26F3NO6S. The fourth-order valence-electron chi connectivity index (χ4n) is 4.37. The minimum atomic E-state index is -5.38. The number of ether oxygens (including phenoxy) is 2. The Morgan fingerprint density at radius 2 is 1.44 bits per heavy atom. The average Bonchev–Trinajstić information content (AvgIpc) is 3.07. The van der Waals surface area contributed by atoms with E-state index >= 15 is 13.2 Å². The molecule has 3 aromatic rings. The van der Waals surface area contributed by atoms with Crippen LogP contribution in [0.5, 0.6) is 0 Å². The second-order valence-corrected chi connectivity index (χ2v) is 11.9. The van der Waals surface area contributed by atoms with E-state index in [0.29, 0.717) is 5.56 Å². The number of esters is 2. The van der Waals surface area contributed by atoms with Crippen molar-refractivity contribution in [3.63, 3.8) is 0 Å². The summed E-state index contributed by atoms with van der Waals surface area (Å²) in [4.78, 5) is 24.4. The van der Waals surface area contributed by atoms with E-state index in [9.17, 15) is 18.0 Å². The quantitative estimate of drug-likeness (QED) is 0.380. The van der Waals surface area contributed by atoms with Crippen molar-refractivity contribution in [2.45, 2.75) is 49.5 Å². The lowest BCUT2D eigenvalue weighted by atomic mass is 9.84. The van der Waals surface area contributed by atoms with Crippen LogP contribution in [0.2, 0.25) is 0 Å². The molecule has 0 saturated heterocycles. The van der Waals surface area contributed by atoms with Gasteiger partial charge < -0.3 is 9.47 Å². The van der Waals surface area contributed by atoms with Gasteiger partial charge in [0.1, 0.15) is 0 Å². The molecular weight excluding hydrogens is 535 g/mol. The third-order valence-electron chi connectivity index (χ3n) is 6.47. The molecule has 1 heterocycles. The van der Waals surface area contributed by atoms with E-state index < -0.39 is 56.3 Å². The van der Waals surface area contributed by atoms with Gasteiger partial charge in [-0.2, -0.15) is 13.2 Å². The third kappa shape index (κ3) is 4.92. The molecule has 11 heteroatoms. The van der Waals surface area contributed by atoms with Gasteiger partial charge in [-0.1, -0.05) is 57.2 Å². The second-order valence-electron chi connectivity index (χ2n) is 10.1. The number of methoxy groups -OCH3 is 1. The summed E-state index contributed by atoms with van der Waals surface area (Å²) in [6, 6.07) is 16.0. The van der Waals surface area contributed by atoms with E-state index in [1.807, 2.05) is 0 Å². The van der Waals surface area contributed by atoms with Gasteiger partial charge in [0, 0.05) is 12.1 Å². The number of nitrogens with zero attached hydrogens (tertiary/aromatic N) is 1. The summed E-state index contributed by atoms with van der Waals surface area (Å²) in [5, 5.41) is 0. The number of fused-ring (bicyclic) bond motifs is 1. The van der Waals surface area contributed by atoms with Crippen molar-refractivity contribution in [2.24, 2.45) is 0 Å². The number of rotatable bonds is 5. The number of alkyl halides is 3. The van der Waals surface area contributed by atoms with Crippen molar-refractivity contribution < 1.29 is 40.7 Å². The molecule has 0 spiro atoms. The predicted molar refractivity (Wildman–Crippen MR) is 135 cm³/mol. The highest BCUT2D eigenvalue weighted by molar-refractivity contribution is 7.89. The summed E-state index contributed by atoms with van der Waals surface area (Å²) in [6.07, 6.45) is -5.38. The molecule has 0 unspecified atom stereocenters. The molecule has 0 bridgehead atoms. The number of carbonyl (C=O) groups excluding carboxylic acids is 2. The Labute approximate surface area is 224 Å². The van der Waals surface area contributed by atoms with Crippen LogP contribution in [0, 0.1) is 0 Å². The van der Waals surface area contributed by atoms with Gasteiger partial charge in [-0.3, -0.25) is 0 Å². The molecule has 0 aromatic heterocycles. The molecule has 0 aliphatic carbocycles. The Balaban J connectivity index is 1.94. The van der Waals surface area contributed by atoms with Gasteiger partial charge in [-0.15, -0.1) is 4.31 Å². The zero-order chi connectivity index (χ0) is 28.8. The molecule has 7 nitrogen and oxygen atoms in total. The van der Waals surface area contributed by atoms with Crippen LogP contribution in [0.4, 0.5) is 13.2 Å². The van der Waals surface area contributed by atoms with E-state index in [2.05, 4.69) is 4.74 Å². The van der Waals surface area contributed by atoms with Gasteiger partial charge in [-0.05, 0) is 52.9 Å². The van der Waals surface area contributed by atoms with Crippen LogP contribution in [-0.2, 0) is 37.2 Å². The molecule has 39 heavy (non-hydrogen) atoms. The Kier molecular flexibility index (Phi) is 7.11. The van der Waals surface area contributed by atoms with Crippen LogP contribution in [0.1, 0.15) is 58.2 Å². The van der Waals surface area contributed by atoms with Crippen molar-refractivity contribution in [3.8, 4) is 0 Å². The van der Waals surface area contributed by atoms with E-state index in [-0.39, 0.29) is 21.0 Å². The van der Waals surface area contributed by atoms with Crippen LogP contribution >= 0.6 is 0 Å². The first-order valence-corrected chi connectivity index (χ1v) is 13.3. The van der Waals surface area contributed by atoms with Crippen molar-refractivity contribution >= 4 is 22.0 Å². The van der Waals surface area contributed by atoms with Crippen LogP contribution in [0.3, 0.4) is 0 Å². The first-order chi connectivity index (χ1) is 18.1. The minimum Gasteiger partial charge on any atom is -0.465 e. The summed E-state index contributed by atoms with van der Waals surface area (Å²) in [5.41, 5.74) is -4.56. The SMILES string of the molecule is COC(=O)c1ccc(C(=O)O[C@@]2(C(F)(F)F)c3cc(C(C)(C)C)ccc3S(=O)(=O)N2Cc2ccccc2)cc1. The summed E-state index contributed by atoms with van der Waals surface area (Å²) in [7, 11) is -3.62. The Bertz CT molecular complexity index is 1510. The number of hydrogen-bond donors (Lipinski definition) is 0. The maximum atomic E-state index is 15.3. The molecule has 0 radical (unpaired) electrons. The topological polar surface area (TPSA) is 90.0 Å². The molecule has 1 aliphatic heterocycles. The van der Waals surface area contributed by atoms with E-state index in [1.165, 1.54) is 30.3 Å². The lowest BCUT2D eigenvalue weighted by molar-refractivity contribution is -0.303. The zero-order valence-electron chi connectivity index (χ0n) is 21.6. The molecule has 0 N–H and O–H groups in total. The highest BCUT2D eigenvalue weighted by atomic mass is 32.2. The van der Waals surface area contributed by atoms with E-state index in [0.717, 1.165) is 31.4 Å². The molecule has 1 aliphatic rings. The molecule has 0 saturated carbocycles. The van der Waals surface area contributed by atoms with Gasteiger partial charge >= 0.3 is 23.8 Å². The van der Waals surface area contributed by atoms with Gasteiger partial charge in [0.2, 0.25) is 10.0 Å². The maximum absolute atomic E-state index is 15.3. The van der Waals surface area contributed by atoms with Crippen molar-refractivity contribution in [3.05, 3.63) is 101 Å². The summed E-state index contributed by atoms with van der Waals surface area (Å²) < 4.78 is 83.2. The van der Waals surface area contributed by atoms with Crippen molar-refractivity contribution in [1.29, 1.82) is 0 Å². The lowest BCUT2D eigenvalue weighted by Crippen LogP contribution is -2.56. The van der Waals surface area contributed by atoms with Gasteiger partial charge in [0.15, 0.2) is 0 Å². The molecule has 4 rings (SSSR count). The van der Waals surface area contributed by atoms with Crippen LogP contribution in [0.25, 0.3) is 0 Å². The van der Waals surface area contributed by atoms with E-state index in [1.54, 1.807) is 39.0 Å². The first-order valence-electron chi connectivity index (χ1n) is 11.8. The van der Waals surface area contributed by atoms with Crippen LogP contribution in [0.15, 0.2) is 77.7 Å². The maximum Gasteiger partial charge on any atom is 0.449 e. The van der Waals surface area contributed by atoms with Gasteiger partial charge in [0.25, 0.3) is 0 Å². The zero-order valence-corrected chi connectivity index (χ0v) is 22.4. The largest absolute Gasteiger partial charge is 0.465 e. The number of sulfonamides is 1. The monoisotopic (exact) mass is 561 g/mol. The number of halogens is 3. The summed E-state index contributed by atoms with van der Waals surface area (Å²) in [5.74, 6) is -2.13. The third-order valence-corrected chi connectivity index (χ3v) is 8.34. The summed E-state index contributed by atoms with van der Waals surface area (Å²) in [6.45, 7) is 4.59. The highest BCUT2D eigenvalue weighted by Gasteiger charge is 2.72. The standard InChI is InChI=1S/C28H26F3NO6S/c1-26(2,3)21-14-15-23-22(16-21)27(28(29,30)31,32(39(23,35)36)17-18-8-6-5-7-9-18)38-25(34)20-12-10-19(11-13-20)24(33)37-4/h5-16H,17H2,1-4H3/t27-/m1/s1. The van der Waals surface area contributed by atoms with Crippen molar-refractivity contribution in [1.82, 2.24) is 4.31 Å². The van der Waals surface area contributed by atoms with Crippen molar-refractivity contribution in [2.75, 3.05) is 7.11 Å². The molecule has 0 amide bonds. The van der Waals surface area contributed by atoms with Gasteiger partial charge in [0.05, 0.1) is 23.1 Å². The van der Waals surface area contributed by atoms with Gasteiger partial charge in [-0.25, -0.2) is 18.0 Å². The lowest BCUT2D eigenvalue weighted by Gasteiger charge is -2.38. The first kappa shape index (κ1) is 28.3. The second kappa shape index (κ2) is 9.80. The number of carbonyl (C=O) groups is 2. The predicted octanol–water partition coefficient (Wildman–Crippen LogP) is 5.55. The van der Waals surface area contributed by atoms with Crippen LogP contribution < -0.4 is 0 Å². The number of hydrogen-bond acceptors (Lipinski definition) is 6. The number of benzene rings is 3. The molecule has 206 valence electrons. The summed E-state index contributed by atoms with van der Waals surface area (Å²) >= 11 is 0. The highest BCUT2D eigenvalue weighted by Crippen LogP contribution is 2.55.